The van der Waals surface area contributed by atoms with Crippen LogP contribution in [-0.4, -0.2) is 11.1 Å². The number of allylic oxidation sites excluding steroid dienone is 2. The van der Waals surface area contributed by atoms with Gasteiger partial charge in [0, 0.05) is 6.42 Å². The molecule has 0 heterocycles. The fourth-order valence-electron chi connectivity index (χ4n) is 2.94. The zero-order valence-electron chi connectivity index (χ0n) is 8.70. The number of aliphatic carboxylic acids is 1. The molecule has 0 amide bonds. The smallest absolute Gasteiger partial charge is 0.303 e. The Labute approximate surface area is 85.0 Å². The van der Waals surface area contributed by atoms with Gasteiger partial charge in [-0.15, -0.1) is 0 Å². The normalized spacial score (nSPS) is 34.6. The van der Waals surface area contributed by atoms with Crippen molar-refractivity contribution in [3.63, 3.8) is 0 Å². The van der Waals surface area contributed by atoms with Gasteiger partial charge < -0.3 is 5.11 Å². The molecule has 1 N–H and O–H groups in total. The van der Waals surface area contributed by atoms with Gasteiger partial charge in [-0.05, 0) is 43.4 Å². The quantitative estimate of drug-likeness (QED) is 0.699. The number of hydrogen-bond donors (Lipinski definition) is 1. The predicted octanol–water partition coefficient (Wildman–Crippen LogP) is 2.84. The Morgan fingerprint density at radius 2 is 2.43 bits per heavy atom. The highest BCUT2D eigenvalue weighted by molar-refractivity contribution is 5.66. The first-order chi connectivity index (χ1) is 6.70. The molecule has 0 bridgehead atoms. The molecule has 2 aliphatic carbocycles. The molecule has 3 atom stereocenters. The highest BCUT2D eigenvalue weighted by atomic mass is 16.4. The molecule has 0 aliphatic heterocycles. The van der Waals surface area contributed by atoms with E-state index in [0.29, 0.717) is 12.3 Å². The van der Waals surface area contributed by atoms with Gasteiger partial charge in [0.25, 0.3) is 0 Å². The summed E-state index contributed by atoms with van der Waals surface area (Å²) in [6.07, 6.45) is 7.37. The van der Waals surface area contributed by atoms with Crippen molar-refractivity contribution in [2.75, 3.05) is 0 Å². The van der Waals surface area contributed by atoms with Crippen molar-refractivity contribution >= 4 is 5.97 Å². The van der Waals surface area contributed by atoms with Crippen LogP contribution >= 0.6 is 0 Å². The molecular formula is C12H18O2. The van der Waals surface area contributed by atoms with Crippen LogP contribution in [0.15, 0.2) is 11.6 Å². The van der Waals surface area contributed by atoms with Crippen LogP contribution in [0.4, 0.5) is 0 Å². The first-order valence-electron chi connectivity index (χ1n) is 5.62. The maximum absolute atomic E-state index is 10.4. The average molecular weight is 194 g/mol. The SMILES string of the molecule is CCC1=C[C@@H]2[C@H](C1)C[C@@H]2CCC(=O)O. The summed E-state index contributed by atoms with van der Waals surface area (Å²) >= 11 is 0. The van der Waals surface area contributed by atoms with Gasteiger partial charge in [-0.3, -0.25) is 4.79 Å². The number of carboxylic acids is 1. The number of fused-ring (bicyclic) bond motifs is 1. The third-order valence-corrected chi connectivity index (χ3v) is 3.83. The van der Waals surface area contributed by atoms with Crippen molar-refractivity contribution in [1.29, 1.82) is 0 Å². The van der Waals surface area contributed by atoms with Gasteiger partial charge in [-0.1, -0.05) is 18.6 Å². The summed E-state index contributed by atoms with van der Waals surface area (Å²) < 4.78 is 0. The van der Waals surface area contributed by atoms with Crippen molar-refractivity contribution in [2.24, 2.45) is 17.8 Å². The van der Waals surface area contributed by atoms with Crippen LogP contribution < -0.4 is 0 Å². The van der Waals surface area contributed by atoms with E-state index >= 15 is 0 Å². The minimum Gasteiger partial charge on any atom is -0.481 e. The lowest BCUT2D eigenvalue weighted by Crippen LogP contribution is -2.32. The lowest BCUT2D eigenvalue weighted by Gasteiger charge is -2.40. The van der Waals surface area contributed by atoms with Gasteiger partial charge in [0.1, 0.15) is 0 Å². The first-order valence-corrected chi connectivity index (χ1v) is 5.62. The molecule has 0 aromatic heterocycles. The highest BCUT2D eigenvalue weighted by Gasteiger charge is 2.42. The minimum atomic E-state index is -0.647. The predicted molar refractivity (Wildman–Crippen MR) is 54.9 cm³/mol. The van der Waals surface area contributed by atoms with Crippen LogP contribution in [0.3, 0.4) is 0 Å². The average Bonchev–Trinajstić information content (AvgIpc) is 2.44. The second-order valence-corrected chi connectivity index (χ2v) is 4.65. The summed E-state index contributed by atoms with van der Waals surface area (Å²) in [5, 5.41) is 8.61. The molecule has 0 saturated heterocycles. The molecule has 0 aromatic carbocycles. The summed E-state index contributed by atoms with van der Waals surface area (Å²) in [6.45, 7) is 2.21. The number of hydrogen-bond acceptors (Lipinski definition) is 1. The van der Waals surface area contributed by atoms with Crippen LogP contribution in [0.25, 0.3) is 0 Å². The second-order valence-electron chi connectivity index (χ2n) is 4.65. The molecule has 1 saturated carbocycles. The standard InChI is InChI=1S/C12H18O2/c1-2-8-5-10-7-9(11(10)6-8)3-4-12(13)14/h6,9-11H,2-5,7H2,1H3,(H,13,14)/t9-,10+,11-/m0/s1. The van der Waals surface area contributed by atoms with Crippen LogP contribution in [0.1, 0.15) is 39.0 Å². The first kappa shape index (κ1) is 9.75. The summed E-state index contributed by atoms with van der Waals surface area (Å²) in [7, 11) is 0. The topological polar surface area (TPSA) is 37.3 Å². The van der Waals surface area contributed by atoms with E-state index in [1.807, 2.05) is 0 Å². The van der Waals surface area contributed by atoms with Gasteiger partial charge in [-0.25, -0.2) is 0 Å². The summed E-state index contributed by atoms with van der Waals surface area (Å²) in [5.41, 5.74) is 1.60. The molecule has 2 aliphatic rings. The second kappa shape index (κ2) is 3.76. The van der Waals surface area contributed by atoms with E-state index in [9.17, 15) is 4.79 Å². The third-order valence-electron chi connectivity index (χ3n) is 3.83. The Hall–Kier alpha value is -0.790. The van der Waals surface area contributed by atoms with Gasteiger partial charge in [-0.2, -0.15) is 0 Å². The van der Waals surface area contributed by atoms with Crippen LogP contribution in [0.2, 0.25) is 0 Å². The Morgan fingerprint density at radius 1 is 1.64 bits per heavy atom. The molecule has 14 heavy (non-hydrogen) atoms. The van der Waals surface area contributed by atoms with E-state index in [-0.39, 0.29) is 0 Å². The summed E-state index contributed by atoms with van der Waals surface area (Å²) in [6, 6.07) is 0. The maximum atomic E-state index is 10.4. The Balaban J connectivity index is 1.83. The van der Waals surface area contributed by atoms with E-state index in [0.717, 1.165) is 18.3 Å². The fourth-order valence-corrected chi connectivity index (χ4v) is 2.94. The van der Waals surface area contributed by atoms with Gasteiger partial charge in [0.2, 0.25) is 0 Å². The zero-order valence-corrected chi connectivity index (χ0v) is 8.70. The highest BCUT2D eigenvalue weighted by Crippen LogP contribution is 2.51. The van der Waals surface area contributed by atoms with Gasteiger partial charge >= 0.3 is 5.97 Å². The Kier molecular flexibility index (Phi) is 2.62. The van der Waals surface area contributed by atoms with Crippen molar-refractivity contribution in [2.45, 2.75) is 39.0 Å². The molecule has 0 radical (unpaired) electrons. The number of carbonyl (C=O) groups is 1. The molecule has 0 spiro atoms. The van der Waals surface area contributed by atoms with Gasteiger partial charge in [0.15, 0.2) is 0 Å². The number of rotatable bonds is 4. The van der Waals surface area contributed by atoms with E-state index < -0.39 is 5.97 Å². The van der Waals surface area contributed by atoms with Gasteiger partial charge in [0.05, 0.1) is 0 Å². The van der Waals surface area contributed by atoms with E-state index in [4.69, 9.17) is 5.11 Å². The molecule has 2 heteroatoms. The van der Waals surface area contributed by atoms with Crippen LogP contribution in [-0.2, 0) is 4.79 Å². The van der Waals surface area contributed by atoms with Crippen molar-refractivity contribution in [3.8, 4) is 0 Å². The molecule has 78 valence electrons. The molecule has 1 fully saturated rings. The summed E-state index contributed by atoms with van der Waals surface area (Å²) in [4.78, 5) is 10.4. The third kappa shape index (κ3) is 1.70. The molecular weight excluding hydrogens is 176 g/mol. The lowest BCUT2D eigenvalue weighted by atomic mass is 9.65. The molecule has 2 nitrogen and oxygen atoms in total. The van der Waals surface area contributed by atoms with E-state index in [1.54, 1.807) is 5.57 Å². The minimum absolute atomic E-state index is 0.350. The zero-order chi connectivity index (χ0) is 10.1. The van der Waals surface area contributed by atoms with Crippen LogP contribution in [0.5, 0.6) is 0 Å². The van der Waals surface area contributed by atoms with Crippen molar-refractivity contribution < 1.29 is 9.90 Å². The monoisotopic (exact) mass is 194 g/mol. The van der Waals surface area contributed by atoms with Crippen molar-refractivity contribution in [1.82, 2.24) is 0 Å². The Bertz CT molecular complexity index is 267. The largest absolute Gasteiger partial charge is 0.481 e. The fraction of sp³-hybridized carbons (Fsp3) is 0.750. The van der Waals surface area contributed by atoms with Crippen molar-refractivity contribution in [3.05, 3.63) is 11.6 Å². The molecule has 2 rings (SSSR count). The molecule has 0 aromatic rings. The molecule has 0 unspecified atom stereocenters. The Morgan fingerprint density at radius 3 is 3.07 bits per heavy atom. The summed E-state index contributed by atoms with van der Waals surface area (Å²) in [5.74, 6) is 1.61. The lowest BCUT2D eigenvalue weighted by molar-refractivity contribution is -0.137. The number of carboxylic acid groups (broad SMARTS) is 1. The van der Waals surface area contributed by atoms with E-state index in [1.165, 1.54) is 19.3 Å². The van der Waals surface area contributed by atoms with Crippen LogP contribution in [0, 0.1) is 17.8 Å². The van der Waals surface area contributed by atoms with E-state index in [2.05, 4.69) is 13.0 Å². The maximum Gasteiger partial charge on any atom is 0.303 e.